The molecule has 0 aliphatic carbocycles. The summed E-state index contributed by atoms with van der Waals surface area (Å²) in [4.78, 5) is 39.3. The molecule has 1 aliphatic heterocycles. The number of aliphatic carboxylic acids is 3. The van der Waals surface area contributed by atoms with Crippen LogP contribution in [0.2, 0.25) is 0 Å². The van der Waals surface area contributed by atoms with E-state index in [9.17, 15) is 29.7 Å². The third-order valence-electron chi connectivity index (χ3n) is 5.64. The first-order valence-electron chi connectivity index (χ1n) is 11.1. The number of nitrogens with zero attached hydrogens (tertiary/aromatic N) is 3. The zero-order chi connectivity index (χ0) is 24.2. The molecule has 1 aliphatic rings. The van der Waals surface area contributed by atoms with Crippen molar-refractivity contribution in [1.29, 1.82) is 0 Å². The van der Waals surface area contributed by atoms with Gasteiger partial charge in [0.15, 0.2) is 0 Å². The van der Waals surface area contributed by atoms with Crippen molar-refractivity contribution in [3.63, 3.8) is 0 Å². The largest absolute Gasteiger partial charge is 0.480 e. The van der Waals surface area contributed by atoms with E-state index in [2.05, 4.69) is 5.32 Å². The second-order valence-electron chi connectivity index (χ2n) is 8.40. The van der Waals surface area contributed by atoms with Gasteiger partial charge in [0.25, 0.3) is 0 Å². The summed E-state index contributed by atoms with van der Waals surface area (Å²) in [5.74, 6) is -2.84. The highest BCUT2D eigenvalue weighted by Crippen LogP contribution is 2.10. The molecule has 2 rings (SSSR count). The van der Waals surface area contributed by atoms with Gasteiger partial charge in [-0.25, -0.2) is 0 Å². The zero-order valence-electron chi connectivity index (χ0n) is 18.9. The Morgan fingerprint density at radius 2 is 1.30 bits per heavy atom. The fourth-order valence-electron chi connectivity index (χ4n) is 3.94. The molecule has 1 saturated heterocycles. The molecule has 1 aromatic carbocycles. The van der Waals surface area contributed by atoms with E-state index in [4.69, 9.17) is 5.73 Å². The molecule has 1 fully saturated rings. The molecule has 0 amide bonds. The Hall–Kier alpha value is -2.73. The number of carboxylic acid groups (broad SMARTS) is 3. The number of anilines is 1. The van der Waals surface area contributed by atoms with E-state index in [1.54, 1.807) is 9.80 Å². The van der Waals surface area contributed by atoms with Crippen LogP contribution in [0.3, 0.4) is 0 Å². The van der Waals surface area contributed by atoms with Gasteiger partial charge < -0.3 is 26.4 Å². The quantitative estimate of drug-likeness (QED) is 0.294. The molecule has 1 atom stereocenters. The highest BCUT2D eigenvalue weighted by Gasteiger charge is 2.21. The number of hydrogen-bond acceptors (Lipinski definition) is 8. The molecule has 0 aromatic heterocycles. The summed E-state index contributed by atoms with van der Waals surface area (Å²) in [6, 6.07) is 7.62. The molecule has 1 unspecified atom stereocenters. The van der Waals surface area contributed by atoms with Crippen molar-refractivity contribution in [3.8, 4) is 0 Å². The molecule has 1 heterocycles. The molecule has 6 N–H and O–H groups in total. The lowest BCUT2D eigenvalue weighted by atomic mass is 10.0. The summed E-state index contributed by atoms with van der Waals surface area (Å²) < 4.78 is 0. The highest BCUT2D eigenvalue weighted by molar-refractivity contribution is 5.69. The van der Waals surface area contributed by atoms with Crippen LogP contribution in [-0.4, -0.2) is 119 Å². The number of nitrogens with one attached hydrogen (secondary N) is 1. The Bertz CT molecular complexity index is 775. The molecule has 184 valence electrons. The summed E-state index contributed by atoms with van der Waals surface area (Å²) in [7, 11) is 0. The maximum atomic E-state index is 11.4. The first kappa shape index (κ1) is 26.5. The molecule has 0 spiro atoms. The van der Waals surface area contributed by atoms with Crippen molar-refractivity contribution < 1.29 is 29.7 Å². The maximum Gasteiger partial charge on any atom is 0.317 e. The molecule has 0 radical (unpaired) electrons. The summed E-state index contributed by atoms with van der Waals surface area (Å²) in [6.07, 6.45) is 1.54. The number of benzene rings is 1. The van der Waals surface area contributed by atoms with Gasteiger partial charge in [-0.1, -0.05) is 12.1 Å². The van der Waals surface area contributed by atoms with Crippen molar-refractivity contribution in [2.75, 3.05) is 71.2 Å². The van der Waals surface area contributed by atoms with E-state index in [1.807, 2.05) is 29.2 Å². The SMILES string of the molecule is Nc1ccc(CCC2CN(CC(=O)O)CCN(CC(=O)O)CCN(CC(=O)O)CCN2)cc1. The van der Waals surface area contributed by atoms with Crippen LogP contribution in [-0.2, 0) is 20.8 Å². The first-order chi connectivity index (χ1) is 15.7. The Balaban J connectivity index is 2.12. The van der Waals surface area contributed by atoms with Gasteiger partial charge in [0.1, 0.15) is 0 Å². The van der Waals surface area contributed by atoms with Crippen LogP contribution in [0, 0.1) is 0 Å². The minimum absolute atomic E-state index is 0.0130. The first-order valence-corrected chi connectivity index (χ1v) is 11.1. The van der Waals surface area contributed by atoms with Crippen LogP contribution in [0.25, 0.3) is 0 Å². The Morgan fingerprint density at radius 1 is 0.818 bits per heavy atom. The van der Waals surface area contributed by atoms with Crippen molar-refractivity contribution in [1.82, 2.24) is 20.0 Å². The van der Waals surface area contributed by atoms with Gasteiger partial charge in [0.05, 0.1) is 19.6 Å². The topological polar surface area (TPSA) is 160 Å². The van der Waals surface area contributed by atoms with Gasteiger partial charge in [-0.15, -0.1) is 0 Å². The van der Waals surface area contributed by atoms with Crippen LogP contribution < -0.4 is 11.1 Å². The average molecular weight is 466 g/mol. The van der Waals surface area contributed by atoms with E-state index < -0.39 is 17.9 Å². The molecule has 0 bridgehead atoms. The molecular weight excluding hydrogens is 430 g/mol. The smallest absolute Gasteiger partial charge is 0.317 e. The normalized spacial score (nSPS) is 19.9. The number of carbonyl (C=O) groups is 3. The van der Waals surface area contributed by atoms with Gasteiger partial charge in [-0.3, -0.25) is 29.1 Å². The number of rotatable bonds is 9. The molecule has 11 heteroatoms. The van der Waals surface area contributed by atoms with E-state index in [-0.39, 0.29) is 25.7 Å². The van der Waals surface area contributed by atoms with Crippen LogP contribution >= 0.6 is 0 Å². The van der Waals surface area contributed by atoms with E-state index in [1.165, 1.54) is 0 Å². The second kappa shape index (κ2) is 13.7. The fraction of sp³-hybridized carbons (Fsp3) is 0.591. The van der Waals surface area contributed by atoms with E-state index >= 15 is 0 Å². The number of nitrogens with two attached hydrogens (primary N) is 1. The molecular formula is C22H35N5O6. The lowest BCUT2D eigenvalue weighted by molar-refractivity contribution is -0.140. The minimum Gasteiger partial charge on any atom is -0.480 e. The van der Waals surface area contributed by atoms with Gasteiger partial charge in [-0.2, -0.15) is 0 Å². The van der Waals surface area contributed by atoms with Crippen LogP contribution in [0.1, 0.15) is 12.0 Å². The standard InChI is InChI=1S/C22H35N5O6/c23-18-4-1-17(2-5-18)3-6-19-13-27(16-22(32)33)12-11-26(15-21(30)31)10-9-25(8-7-24-19)14-20(28)29/h1-2,4-5,19,24H,3,6-16,23H2,(H,28,29)(H,30,31)(H,32,33). The number of aryl methyl sites for hydroxylation is 1. The lowest BCUT2D eigenvalue weighted by Crippen LogP contribution is -2.50. The predicted octanol–water partition coefficient (Wildman–Crippen LogP) is -0.667. The Labute approximate surface area is 193 Å². The minimum atomic E-state index is -0.972. The third-order valence-corrected chi connectivity index (χ3v) is 5.64. The van der Waals surface area contributed by atoms with Gasteiger partial charge in [0, 0.05) is 57.5 Å². The van der Waals surface area contributed by atoms with Gasteiger partial charge in [-0.05, 0) is 30.5 Å². The third kappa shape index (κ3) is 11.1. The van der Waals surface area contributed by atoms with Crippen molar-refractivity contribution in [3.05, 3.63) is 29.8 Å². The van der Waals surface area contributed by atoms with E-state index in [0.717, 1.165) is 18.4 Å². The molecule has 11 nitrogen and oxygen atoms in total. The van der Waals surface area contributed by atoms with Crippen molar-refractivity contribution in [2.45, 2.75) is 18.9 Å². The molecule has 1 aromatic rings. The monoisotopic (exact) mass is 465 g/mol. The second-order valence-corrected chi connectivity index (χ2v) is 8.40. The lowest BCUT2D eigenvalue weighted by Gasteiger charge is -2.32. The molecule has 33 heavy (non-hydrogen) atoms. The summed E-state index contributed by atoms with van der Waals surface area (Å²) in [6.45, 7) is 2.67. The van der Waals surface area contributed by atoms with E-state index in [0.29, 0.717) is 51.5 Å². The van der Waals surface area contributed by atoms with Crippen LogP contribution in [0.15, 0.2) is 24.3 Å². The predicted molar refractivity (Wildman–Crippen MR) is 123 cm³/mol. The number of carboxylic acids is 3. The Morgan fingerprint density at radius 3 is 1.85 bits per heavy atom. The fourth-order valence-corrected chi connectivity index (χ4v) is 3.94. The molecule has 0 saturated carbocycles. The summed E-state index contributed by atoms with van der Waals surface area (Å²) in [5.41, 5.74) is 7.58. The number of hydrogen-bond donors (Lipinski definition) is 5. The number of nitrogen functional groups attached to an aromatic ring is 1. The van der Waals surface area contributed by atoms with Crippen molar-refractivity contribution >= 4 is 23.6 Å². The Kier molecular flexibility index (Phi) is 11.0. The summed E-state index contributed by atoms with van der Waals surface area (Å²) >= 11 is 0. The highest BCUT2D eigenvalue weighted by atomic mass is 16.4. The van der Waals surface area contributed by atoms with Crippen molar-refractivity contribution in [2.24, 2.45) is 0 Å². The van der Waals surface area contributed by atoms with Gasteiger partial charge in [0.2, 0.25) is 0 Å². The summed E-state index contributed by atoms with van der Waals surface area (Å²) in [5, 5.41) is 31.3. The maximum absolute atomic E-state index is 11.4. The van der Waals surface area contributed by atoms with Gasteiger partial charge >= 0.3 is 17.9 Å². The van der Waals surface area contributed by atoms with Crippen LogP contribution in [0.5, 0.6) is 0 Å². The average Bonchev–Trinajstić information content (AvgIpc) is 2.72. The van der Waals surface area contributed by atoms with Crippen LogP contribution in [0.4, 0.5) is 5.69 Å². The zero-order valence-corrected chi connectivity index (χ0v) is 18.9.